The van der Waals surface area contributed by atoms with Crippen LogP contribution in [-0.2, 0) is 17.8 Å². The maximum atomic E-state index is 13.2. The van der Waals surface area contributed by atoms with E-state index in [1.807, 2.05) is 42.5 Å². The summed E-state index contributed by atoms with van der Waals surface area (Å²) < 4.78 is 5.71. The van der Waals surface area contributed by atoms with Crippen molar-refractivity contribution in [1.29, 1.82) is 0 Å². The number of aryl methyl sites for hydroxylation is 2. The molecule has 1 heterocycles. The number of nitrogens with one attached hydrogen (secondary N) is 1. The number of aromatic amines is 1. The van der Waals surface area contributed by atoms with Crippen LogP contribution in [-0.4, -0.2) is 15.9 Å². The summed E-state index contributed by atoms with van der Waals surface area (Å²) in [6.07, 6.45) is 10.5. The van der Waals surface area contributed by atoms with E-state index in [1.54, 1.807) is 0 Å². The van der Waals surface area contributed by atoms with Gasteiger partial charge in [-0.1, -0.05) is 54.6 Å². The van der Waals surface area contributed by atoms with Gasteiger partial charge in [-0.3, -0.25) is 0 Å². The first-order chi connectivity index (χ1) is 16.6. The van der Waals surface area contributed by atoms with Gasteiger partial charge < -0.3 is 9.72 Å². The van der Waals surface area contributed by atoms with E-state index >= 15 is 0 Å². The van der Waals surface area contributed by atoms with Crippen LogP contribution in [0.1, 0.15) is 72.3 Å². The maximum Gasteiger partial charge on any atom is 0.359 e. The van der Waals surface area contributed by atoms with Crippen molar-refractivity contribution < 1.29 is 9.53 Å². The van der Waals surface area contributed by atoms with Gasteiger partial charge in [-0.2, -0.15) is 0 Å². The molecule has 0 saturated heterocycles. The summed E-state index contributed by atoms with van der Waals surface area (Å²) in [5.74, 6) is 3.24. The highest BCUT2D eigenvalue weighted by molar-refractivity contribution is 5.89. The second-order valence-corrected chi connectivity index (χ2v) is 11.2. The molecule has 34 heavy (non-hydrogen) atoms. The summed E-state index contributed by atoms with van der Waals surface area (Å²) in [5.41, 5.74) is 5.04. The molecule has 0 unspecified atom stereocenters. The van der Waals surface area contributed by atoms with E-state index in [-0.39, 0.29) is 12.6 Å². The fourth-order valence-electron chi connectivity index (χ4n) is 7.50. The lowest BCUT2D eigenvalue weighted by Gasteiger charge is -2.57. The molecule has 4 aliphatic carbocycles. The van der Waals surface area contributed by atoms with Gasteiger partial charge >= 0.3 is 5.97 Å². The SMILES string of the molecule is Cc1ccccc1-c1nc(C(=O)OCc2ccccc2)c(CCC23CC4CC(CC(C4)C2)C3)[nH]1. The lowest BCUT2D eigenvalue weighted by atomic mass is 9.48. The Bertz CT molecular complexity index is 1140. The predicted molar refractivity (Wildman–Crippen MR) is 133 cm³/mol. The van der Waals surface area contributed by atoms with Gasteiger partial charge in [-0.15, -0.1) is 0 Å². The van der Waals surface area contributed by atoms with Gasteiger partial charge in [-0.25, -0.2) is 9.78 Å². The number of carbonyl (C=O) groups is 1. The van der Waals surface area contributed by atoms with Crippen molar-refractivity contribution in [1.82, 2.24) is 9.97 Å². The van der Waals surface area contributed by atoms with E-state index in [4.69, 9.17) is 9.72 Å². The Balaban J connectivity index is 1.25. The quantitative estimate of drug-likeness (QED) is 0.395. The number of hydrogen-bond donors (Lipinski definition) is 1. The highest BCUT2D eigenvalue weighted by atomic mass is 16.5. The first-order valence-corrected chi connectivity index (χ1v) is 12.9. The van der Waals surface area contributed by atoms with Crippen molar-refractivity contribution >= 4 is 5.97 Å². The Kier molecular flexibility index (Phi) is 5.55. The smallest absolute Gasteiger partial charge is 0.359 e. The fraction of sp³-hybridized carbons (Fsp3) is 0.467. The Labute approximate surface area is 202 Å². The van der Waals surface area contributed by atoms with Gasteiger partial charge in [0, 0.05) is 11.3 Å². The number of esters is 1. The molecule has 4 fully saturated rings. The van der Waals surface area contributed by atoms with Crippen molar-refractivity contribution in [3.8, 4) is 11.4 Å². The minimum atomic E-state index is -0.333. The van der Waals surface area contributed by atoms with Crippen LogP contribution in [0.15, 0.2) is 54.6 Å². The van der Waals surface area contributed by atoms with Gasteiger partial charge in [0.1, 0.15) is 12.4 Å². The van der Waals surface area contributed by atoms with Crippen LogP contribution in [0.4, 0.5) is 0 Å². The second-order valence-electron chi connectivity index (χ2n) is 11.2. The number of carbonyl (C=O) groups excluding carboxylic acids is 1. The maximum absolute atomic E-state index is 13.2. The third kappa shape index (κ3) is 4.19. The molecule has 7 rings (SSSR count). The van der Waals surface area contributed by atoms with Gasteiger partial charge in [0.25, 0.3) is 0 Å². The van der Waals surface area contributed by atoms with Crippen molar-refractivity contribution in [2.45, 2.75) is 64.9 Å². The minimum Gasteiger partial charge on any atom is -0.456 e. The topological polar surface area (TPSA) is 55.0 Å². The molecule has 2 aromatic carbocycles. The minimum absolute atomic E-state index is 0.265. The first-order valence-electron chi connectivity index (χ1n) is 12.9. The van der Waals surface area contributed by atoms with Crippen molar-refractivity contribution in [3.63, 3.8) is 0 Å². The van der Waals surface area contributed by atoms with Crippen molar-refractivity contribution in [2.75, 3.05) is 0 Å². The Morgan fingerprint density at radius 2 is 1.62 bits per heavy atom. The number of imidazole rings is 1. The summed E-state index contributed by atoms with van der Waals surface area (Å²) in [5, 5.41) is 0. The molecule has 0 aliphatic heterocycles. The molecule has 0 radical (unpaired) electrons. The summed E-state index contributed by atoms with van der Waals surface area (Å²) in [6, 6.07) is 18.1. The van der Waals surface area contributed by atoms with E-state index in [1.165, 1.54) is 38.5 Å². The standard InChI is InChI=1S/C30H34N2O2/c1-20-7-5-6-10-25(20)28-31-26(27(32-28)29(33)34-19-21-8-3-2-4-9-21)11-12-30-16-22-13-23(17-30)15-24(14-22)18-30/h2-10,22-24H,11-19H2,1H3,(H,31,32). The van der Waals surface area contributed by atoms with E-state index in [2.05, 4.69) is 24.0 Å². The van der Waals surface area contributed by atoms with Crippen LogP contribution in [0.25, 0.3) is 11.4 Å². The van der Waals surface area contributed by atoms with Crippen LogP contribution in [0.2, 0.25) is 0 Å². The highest BCUT2D eigenvalue weighted by Crippen LogP contribution is 2.61. The van der Waals surface area contributed by atoms with Crippen LogP contribution < -0.4 is 0 Å². The van der Waals surface area contributed by atoms with E-state index in [9.17, 15) is 4.79 Å². The molecule has 0 atom stereocenters. The molecule has 4 saturated carbocycles. The van der Waals surface area contributed by atoms with E-state index in [0.717, 1.165) is 58.8 Å². The van der Waals surface area contributed by atoms with Crippen molar-refractivity contribution in [2.24, 2.45) is 23.2 Å². The molecular weight excluding hydrogens is 420 g/mol. The molecular formula is C30H34N2O2. The third-order valence-electron chi connectivity index (χ3n) is 8.66. The third-order valence-corrected chi connectivity index (χ3v) is 8.66. The normalized spacial score (nSPS) is 27.1. The zero-order valence-corrected chi connectivity index (χ0v) is 20.1. The number of rotatable bonds is 7. The highest BCUT2D eigenvalue weighted by Gasteiger charge is 2.50. The Morgan fingerprint density at radius 1 is 0.971 bits per heavy atom. The second kappa shape index (κ2) is 8.72. The summed E-state index contributed by atoms with van der Waals surface area (Å²) >= 11 is 0. The molecule has 4 heteroatoms. The zero-order chi connectivity index (χ0) is 23.1. The lowest BCUT2D eigenvalue weighted by molar-refractivity contribution is -0.0571. The van der Waals surface area contributed by atoms with Gasteiger partial charge in [0.2, 0.25) is 0 Å². The monoisotopic (exact) mass is 454 g/mol. The fourth-order valence-corrected chi connectivity index (χ4v) is 7.50. The molecule has 4 nitrogen and oxygen atoms in total. The molecule has 1 aromatic heterocycles. The number of nitrogens with zero attached hydrogens (tertiary/aromatic N) is 1. The van der Waals surface area contributed by atoms with Crippen LogP contribution in [0.5, 0.6) is 0 Å². The van der Waals surface area contributed by atoms with E-state index in [0.29, 0.717) is 11.1 Å². The average Bonchev–Trinajstić information content (AvgIpc) is 3.26. The van der Waals surface area contributed by atoms with E-state index < -0.39 is 0 Å². The number of ether oxygens (including phenoxy) is 1. The number of hydrogen-bond acceptors (Lipinski definition) is 3. The molecule has 4 aliphatic rings. The average molecular weight is 455 g/mol. The number of aromatic nitrogens is 2. The zero-order valence-electron chi connectivity index (χ0n) is 20.1. The molecule has 4 bridgehead atoms. The summed E-state index contributed by atoms with van der Waals surface area (Å²) in [4.78, 5) is 21.5. The molecule has 0 amide bonds. The predicted octanol–water partition coefficient (Wildman–Crippen LogP) is 6.89. The molecule has 0 spiro atoms. The van der Waals surface area contributed by atoms with Crippen LogP contribution >= 0.6 is 0 Å². The van der Waals surface area contributed by atoms with Crippen LogP contribution in [0.3, 0.4) is 0 Å². The first kappa shape index (κ1) is 21.6. The summed E-state index contributed by atoms with van der Waals surface area (Å²) in [7, 11) is 0. The Hall–Kier alpha value is -2.88. The van der Waals surface area contributed by atoms with Gasteiger partial charge in [-0.05, 0) is 92.6 Å². The summed E-state index contributed by atoms with van der Waals surface area (Å²) in [6.45, 7) is 2.35. The number of benzene rings is 2. The molecule has 1 N–H and O–H groups in total. The molecule has 176 valence electrons. The largest absolute Gasteiger partial charge is 0.456 e. The van der Waals surface area contributed by atoms with Crippen molar-refractivity contribution in [3.05, 3.63) is 77.1 Å². The van der Waals surface area contributed by atoms with Crippen LogP contribution in [0, 0.1) is 30.1 Å². The number of H-pyrrole nitrogens is 1. The van der Waals surface area contributed by atoms with Gasteiger partial charge in [0.15, 0.2) is 5.69 Å². The molecule has 3 aromatic rings. The lowest BCUT2D eigenvalue weighted by Crippen LogP contribution is -2.46. The van der Waals surface area contributed by atoms with Gasteiger partial charge in [0.05, 0.1) is 0 Å². The Morgan fingerprint density at radius 3 is 2.29 bits per heavy atom.